The number of carbonyl (C=O) groups excluding carboxylic acids is 1. The molecule has 1 N–H and O–H groups in total. The minimum Gasteiger partial charge on any atom is -0.494 e. The second kappa shape index (κ2) is 6.65. The SMILES string of the molecule is CCOc1ccc2c(c1)c(C)c(C(=O)Nc1nc(C)cs1)n2CC. The second-order valence-corrected chi connectivity index (χ2v) is 6.44. The van der Waals surface area contributed by atoms with Crippen LogP contribution in [0.3, 0.4) is 0 Å². The van der Waals surface area contributed by atoms with Gasteiger partial charge in [-0.1, -0.05) is 0 Å². The van der Waals surface area contributed by atoms with Crippen molar-refractivity contribution in [1.29, 1.82) is 0 Å². The van der Waals surface area contributed by atoms with Crippen LogP contribution >= 0.6 is 11.3 Å². The Kier molecular flexibility index (Phi) is 4.57. The van der Waals surface area contributed by atoms with Crippen molar-refractivity contribution in [2.45, 2.75) is 34.2 Å². The lowest BCUT2D eigenvalue weighted by atomic mass is 10.1. The first-order valence-corrected chi connectivity index (χ1v) is 8.92. The summed E-state index contributed by atoms with van der Waals surface area (Å²) in [6, 6.07) is 5.97. The number of hydrogen-bond acceptors (Lipinski definition) is 4. The summed E-state index contributed by atoms with van der Waals surface area (Å²) in [6.45, 7) is 9.23. The van der Waals surface area contributed by atoms with E-state index in [2.05, 4.69) is 10.3 Å². The highest BCUT2D eigenvalue weighted by atomic mass is 32.1. The normalized spacial score (nSPS) is 11.0. The van der Waals surface area contributed by atoms with Crippen LogP contribution in [0.1, 0.15) is 35.6 Å². The maximum absolute atomic E-state index is 12.8. The molecule has 24 heavy (non-hydrogen) atoms. The van der Waals surface area contributed by atoms with E-state index >= 15 is 0 Å². The van der Waals surface area contributed by atoms with Crippen molar-refractivity contribution in [2.24, 2.45) is 0 Å². The Morgan fingerprint density at radius 2 is 2.12 bits per heavy atom. The molecule has 0 spiro atoms. The Labute approximate surface area is 145 Å². The number of ether oxygens (including phenoxy) is 1. The lowest BCUT2D eigenvalue weighted by Crippen LogP contribution is -2.17. The zero-order chi connectivity index (χ0) is 17.3. The Hall–Kier alpha value is -2.34. The predicted octanol–water partition coefficient (Wildman–Crippen LogP) is 4.39. The van der Waals surface area contributed by atoms with Gasteiger partial charge in [0.1, 0.15) is 11.4 Å². The molecule has 5 nitrogen and oxygen atoms in total. The summed E-state index contributed by atoms with van der Waals surface area (Å²) < 4.78 is 7.63. The number of anilines is 1. The first-order chi connectivity index (χ1) is 11.5. The van der Waals surface area contributed by atoms with Crippen LogP contribution in [0.5, 0.6) is 5.75 Å². The fourth-order valence-corrected chi connectivity index (χ4v) is 3.63. The van der Waals surface area contributed by atoms with E-state index in [0.29, 0.717) is 17.4 Å². The molecule has 6 heteroatoms. The van der Waals surface area contributed by atoms with Crippen molar-refractivity contribution < 1.29 is 9.53 Å². The third kappa shape index (κ3) is 2.89. The molecule has 0 bridgehead atoms. The van der Waals surface area contributed by atoms with E-state index in [-0.39, 0.29) is 5.91 Å². The molecule has 3 aromatic rings. The Morgan fingerprint density at radius 1 is 1.33 bits per heavy atom. The molecular weight excluding hydrogens is 322 g/mol. The van der Waals surface area contributed by atoms with E-state index in [0.717, 1.165) is 34.5 Å². The number of nitrogens with zero attached hydrogens (tertiary/aromatic N) is 2. The van der Waals surface area contributed by atoms with Gasteiger partial charge in [-0.15, -0.1) is 11.3 Å². The minimum atomic E-state index is -0.127. The largest absolute Gasteiger partial charge is 0.494 e. The van der Waals surface area contributed by atoms with Crippen molar-refractivity contribution in [3.05, 3.63) is 40.5 Å². The smallest absolute Gasteiger partial charge is 0.274 e. The second-order valence-electron chi connectivity index (χ2n) is 5.58. The third-order valence-corrected chi connectivity index (χ3v) is 4.85. The average molecular weight is 343 g/mol. The van der Waals surface area contributed by atoms with Crippen molar-refractivity contribution in [2.75, 3.05) is 11.9 Å². The van der Waals surface area contributed by atoms with Gasteiger partial charge in [0.05, 0.1) is 12.3 Å². The van der Waals surface area contributed by atoms with Gasteiger partial charge < -0.3 is 9.30 Å². The number of rotatable bonds is 5. The molecule has 2 aromatic heterocycles. The van der Waals surface area contributed by atoms with Gasteiger partial charge in [-0.05, 0) is 51.5 Å². The lowest BCUT2D eigenvalue weighted by molar-refractivity contribution is 0.101. The molecule has 0 saturated heterocycles. The molecule has 1 aromatic carbocycles. The summed E-state index contributed by atoms with van der Waals surface area (Å²) in [5.41, 5.74) is 3.58. The summed E-state index contributed by atoms with van der Waals surface area (Å²) in [6.07, 6.45) is 0. The van der Waals surface area contributed by atoms with Gasteiger partial charge in [-0.3, -0.25) is 10.1 Å². The number of amides is 1. The monoisotopic (exact) mass is 343 g/mol. The topological polar surface area (TPSA) is 56.1 Å². The average Bonchev–Trinajstić information content (AvgIpc) is 3.08. The first kappa shape index (κ1) is 16.5. The highest BCUT2D eigenvalue weighted by Crippen LogP contribution is 2.30. The predicted molar refractivity (Wildman–Crippen MR) is 98.3 cm³/mol. The van der Waals surface area contributed by atoms with Gasteiger partial charge in [-0.2, -0.15) is 0 Å². The van der Waals surface area contributed by atoms with Crippen LogP contribution in [-0.2, 0) is 6.54 Å². The molecule has 126 valence electrons. The summed E-state index contributed by atoms with van der Waals surface area (Å²) in [7, 11) is 0. The van der Waals surface area contributed by atoms with Crippen molar-refractivity contribution in [1.82, 2.24) is 9.55 Å². The minimum absolute atomic E-state index is 0.127. The Balaban J connectivity index is 2.05. The highest BCUT2D eigenvalue weighted by molar-refractivity contribution is 7.13. The summed E-state index contributed by atoms with van der Waals surface area (Å²) >= 11 is 1.44. The first-order valence-electron chi connectivity index (χ1n) is 8.04. The van der Waals surface area contributed by atoms with E-state index < -0.39 is 0 Å². The number of aromatic nitrogens is 2. The molecule has 0 unspecified atom stereocenters. The molecule has 3 rings (SSSR count). The molecule has 0 aliphatic rings. The zero-order valence-corrected chi connectivity index (χ0v) is 15.2. The van der Waals surface area contributed by atoms with Gasteiger partial charge in [0.15, 0.2) is 5.13 Å². The zero-order valence-electron chi connectivity index (χ0n) is 14.3. The molecule has 0 radical (unpaired) electrons. The molecule has 0 saturated carbocycles. The number of aryl methyl sites for hydroxylation is 3. The molecule has 1 amide bonds. The Morgan fingerprint density at radius 3 is 2.75 bits per heavy atom. The summed E-state index contributed by atoms with van der Waals surface area (Å²) in [4.78, 5) is 17.1. The number of fused-ring (bicyclic) bond motifs is 1. The van der Waals surface area contributed by atoms with E-state index in [1.54, 1.807) is 0 Å². The van der Waals surface area contributed by atoms with Gasteiger partial charge in [-0.25, -0.2) is 4.98 Å². The van der Waals surface area contributed by atoms with Crippen LogP contribution in [0.4, 0.5) is 5.13 Å². The lowest BCUT2D eigenvalue weighted by Gasteiger charge is -2.08. The molecule has 0 atom stereocenters. The van der Waals surface area contributed by atoms with Crippen LogP contribution in [0.25, 0.3) is 10.9 Å². The Bertz CT molecular complexity index is 895. The van der Waals surface area contributed by atoms with Crippen molar-refractivity contribution in [3.8, 4) is 5.75 Å². The quantitative estimate of drug-likeness (QED) is 0.748. The summed E-state index contributed by atoms with van der Waals surface area (Å²) in [5.74, 6) is 0.696. The van der Waals surface area contributed by atoms with Gasteiger partial charge >= 0.3 is 0 Å². The van der Waals surface area contributed by atoms with E-state index in [4.69, 9.17) is 4.74 Å². The van der Waals surface area contributed by atoms with Crippen LogP contribution in [-0.4, -0.2) is 22.1 Å². The molecule has 0 aliphatic heterocycles. The number of hydrogen-bond donors (Lipinski definition) is 1. The highest BCUT2D eigenvalue weighted by Gasteiger charge is 2.20. The van der Waals surface area contributed by atoms with E-state index in [1.165, 1.54) is 11.3 Å². The van der Waals surface area contributed by atoms with Crippen LogP contribution in [0.2, 0.25) is 0 Å². The molecule has 0 aliphatic carbocycles. The molecular formula is C18H21N3O2S. The number of benzene rings is 1. The fourth-order valence-electron chi connectivity index (χ4n) is 2.95. The van der Waals surface area contributed by atoms with Crippen LogP contribution in [0.15, 0.2) is 23.6 Å². The maximum atomic E-state index is 12.8. The number of nitrogens with one attached hydrogen (secondary N) is 1. The number of thiazole rings is 1. The van der Waals surface area contributed by atoms with Crippen LogP contribution < -0.4 is 10.1 Å². The van der Waals surface area contributed by atoms with Crippen molar-refractivity contribution >= 4 is 33.3 Å². The third-order valence-electron chi connectivity index (χ3n) is 3.97. The number of carbonyl (C=O) groups is 1. The standard InChI is InChI=1S/C18H21N3O2S/c1-5-21-15-8-7-13(23-6-2)9-14(15)12(4)16(21)17(22)20-18-19-11(3)10-24-18/h7-10H,5-6H2,1-4H3,(H,19,20,22). The van der Waals surface area contributed by atoms with Crippen LogP contribution in [0, 0.1) is 13.8 Å². The van der Waals surface area contributed by atoms with Crippen molar-refractivity contribution in [3.63, 3.8) is 0 Å². The fraction of sp³-hybridized carbons (Fsp3) is 0.333. The van der Waals surface area contributed by atoms with Gasteiger partial charge in [0.2, 0.25) is 0 Å². The molecule has 2 heterocycles. The van der Waals surface area contributed by atoms with Gasteiger partial charge in [0, 0.05) is 22.8 Å². The van der Waals surface area contributed by atoms with Gasteiger partial charge in [0.25, 0.3) is 5.91 Å². The van der Waals surface area contributed by atoms with E-state index in [1.807, 2.05) is 55.8 Å². The maximum Gasteiger partial charge on any atom is 0.274 e. The summed E-state index contributed by atoms with van der Waals surface area (Å²) in [5, 5.41) is 6.50. The van der Waals surface area contributed by atoms with E-state index in [9.17, 15) is 4.79 Å². The molecule has 0 fully saturated rings.